The number of aromatic nitrogens is 1. The Balaban J connectivity index is 2.29. The minimum atomic E-state index is -1.26. The molecule has 0 spiro atoms. The molecule has 0 fully saturated rings. The number of hydrogen-bond donors (Lipinski definition) is 3. The molecule has 170 valence electrons. The number of carbonyl (C=O) groups is 2. The van der Waals surface area contributed by atoms with Gasteiger partial charge in [-0.3, -0.25) is 0 Å². The first-order chi connectivity index (χ1) is 15.2. The molecule has 3 rings (SSSR count). The first-order valence-electron chi connectivity index (χ1n) is 10.0. The van der Waals surface area contributed by atoms with E-state index in [1.807, 2.05) is 0 Å². The topological polar surface area (TPSA) is 92.5 Å². The number of esters is 2. The Kier molecular flexibility index (Phi) is 6.93. The van der Waals surface area contributed by atoms with Gasteiger partial charge in [-0.05, 0) is 57.6 Å². The monoisotopic (exact) mass is 463 g/mol. The van der Waals surface area contributed by atoms with E-state index in [0.717, 1.165) is 12.1 Å². The fourth-order valence-electron chi connectivity index (χ4n) is 3.70. The smallest absolute Gasteiger partial charge is 0.340 e. The zero-order chi connectivity index (χ0) is 23.6. The van der Waals surface area contributed by atoms with Crippen LogP contribution in [0.2, 0.25) is 0 Å². The van der Waals surface area contributed by atoms with Gasteiger partial charge >= 0.3 is 11.9 Å². The van der Waals surface area contributed by atoms with Crippen LogP contribution in [0.3, 0.4) is 0 Å². The van der Waals surface area contributed by atoms with Gasteiger partial charge in [0, 0.05) is 5.69 Å². The van der Waals surface area contributed by atoms with Crippen LogP contribution in [0.5, 0.6) is 0 Å². The number of rotatable bonds is 6. The lowest BCUT2D eigenvalue weighted by molar-refractivity contribution is -0.138. The Hall–Kier alpha value is -3.27. The molecule has 2 aromatic rings. The first-order valence-corrected chi connectivity index (χ1v) is 10.4. The summed E-state index contributed by atoms with van der Waals surface area (Å²) in [5.74, 6) is -3.02. The van der Waals surface area contributed by atoms with Gasteiger partial charge in [-0.15, -0.1) is 0 Å². The number of aryl methyl sites for hydroxylation is 1. The van der Waals surface area contributed by atoms with Crippen molar-refractivity contribution in [2.24, 2.45) is 0 Å². The molecule has 0 aliphatic carbocycles. The number of halogens is 2. The van der Waals surface area contributed by atoms with Gasteiger partial charge in [0.05, 0.1) is 47.3 Å². The number of benzene rings is 1. The molecule has 1 aromatic carbocycles. The standard InChI is InChI=1S/C22H23F2N3O4S/c1-5-30-20(28)14-10(3)17(25-11(14)4)19-16(21(29)31-6-2)18(26-22(32)27-19)15-12(23)8-7-9-13(15)24/h7-9,18,25H,5-6H2,1-4H3,(H2,26,27,32). The summed E-state index contributed by atoms with van der Waals surface area (Å²) in [4.78, 5) is 28.5. The molecule has 0 saturated heterocycles. The molecule has 3 N–H and O–H groups in total. The van der Waals surface area contributed by atoms with Crippen LogP contribution < -0.4 is 10.6 Å². The van der Waals surface area contributed by atoms with Crippen LogP contribution in [0.4, 0.5) is 8.78 Å². The molecule has 0 amide bonds. The molecule has 7 nitrogen and oxygen atoms in total. The highest BCUT2D eigenvalue weighted by Crippen LogP contribution is 2.36. The normalized spacial score (nSPS) is 15.8. The second-order valence-corrected chi connectivity index (χ2v) is 7.43. The van der Waals surface area contributed by atoms with E-state index < -0.39 is 29.6 Å². The summed E-state index contributed by atoms with van der Waals surface area (Å²) in [5.41, 5.74) is 1.37. The third kappa shape index (κ3) is 4.22. The Bertz CT molecular complexity index is 1110. The molecule has 2 heterocycles. The minimum Gasteiger partial charge on any atom is -0.463 e. The maximum absolute atomic E-state index is 14.7. The molecule has 1 atom stereocenters. The van der Waals surface area contributed by atoms with E-state index in [4.69, 9.17) is 21.7 Å². The predicted molar refractivity (Wildman–Crippen MR) is 118 cm³/mol. The quantitative estimate of drug-likeness (QED) is 0.446. The number of hydrogen-bond acceptors (Lipinski definition) is 5. The summed E-state index contributed by atoms with van der Waals surface area (Å²) in [6.07, 6.45) is 0. The van der Waals surface area contributed by atoms with Crippen molar-refractivity contribution in [1.82, 2.24) is 15.6 Å². The van der Waals surface area contributed by atoms with Gasteiger partial charge in [0.2, 0.25) is 0 Å². The third-order valence-electron chi connectivity index (χ3n) is 5.02. The highest BCUT2D eigenvalue weighted by Gasteiger charge is 2.37. The fourth-order valence-corrected chi connectivity index (χ4v) is 3.92. The van der Waals surface area contributed by atoms with Crippen LogP contribution >= 0.6 is 12.2 Å². The predicted octanol–water partition coefficient (Wildman–Crippen LogP) is 3.58. The number of thiocarbonyl (C=S) groups is 1. The number of carbonyl (C=O) groups excluding carboxylic acids is 2. The number of nitrogens with one attached hydrogen (secondary N) is 3. The molecule has 1 aromatic heterocycles. The third-order valence-corrected chi connectivity index (χ3v) is 5.24. The van der Waals surface area contributed by atoms with Crippen molar-refractivity contribution in [2.75, 3.05) is 13.2 Å². The van der Waals surface area contributed by atoms with E-state index in [2.05, 4.69) is 15.6 Å². The average Bonchev–Trinajstić information content (AvgIpc) is 3.01. The van der Waals surface area contributed by atoms with E-state index in [1.165, 1.54) is 6.07 Å². The van der Waals surface area contributed by atoms with Gasteiger partial charge in [0.15, 0.2) is 5.11 Å². The molecular weight excluding hydrogens is 440 g/mol. The summed E-state index contributed by atoms with van der Waals surface area (Å²) >= 11 is 5.27. The zero-order valence-corrected chi connectivity index (χ0v) is 18.8. The first kappa shape index (κ1) is 23.4. The lowest BCUT2D eigenvalue weighted by Gasteiger charge is -2.31. The van der Waals surface area contributed by atoms with Crippen molar-refractivity contribution < 1.29 is 27.8 Å². The molecule has 32 heavy (non-hydrogen) atoms. The highest BCUT2D eigenvalue weighted by atomic mass is 32.1. The lowest BCUT2D eigenvalue weighted by atomic mass is 9.92. The van der Waals surface area contributed by atoms with Gasteiger partial charge in [0.1, 0.15) is 11.6 Å². The molecule has 10 heteroatoms. The Labute approximate surface area is 189 Å². The van der Waals surface area contributed by atoms with Gasteiger partial charge in [-0.1, -0.05) is 6.07 Å². The number of ether oxygens (including phenoxy) is 2. The van der Waals surface area contributed by atoms with E-state index in [0.29, 0.717) is 22.5 Å². The van der Waals surface area contributed by atoms with E-state index in [1.54, 1.807) is 27.7 Å². The summed E-state index contributed by atoms with van der Waals surface area (Å²) in [7, 11) is 0. The molecular formula is C22H23F2N3O4S. The molecule has 0 saturated carbocycles. The lowest BCUT2D eigenvalue weighted by Crippen LogP contribution is -2.46. The van der Waals surface area contributed by atoms with Crippen molar-refractivity contribution in [3.63, 3.8) is 0 Å². The Morgan fingerprint density at radius 1 is 1.06 bits per heavy atom. The summed E-state index contributed by atoms with van der Waals surface area (Å²) < 4.78 is 39.6. The summed E-state index contributed by atoms with van der Waals surface area (Å²) in [6, 6.07) is 2.16. The van der Waals surface area contributed by atoms with Gasteiger partial charge in [-0.25, -0.2) is 18.4 Å². The van der Waals surface area contributed by atoms with E-state index in [-0.39, 0.29) is 35.2 Å². The van der Waals surface area contributed by atoms with E-state index in [9.17, 15) is 18.4 Å². The second-order valence-electron chi connectivity index (χ2n) is 7.02. The largest absolute Gasteiger partial charge is 0.463 e. The number of H-pyrrole nitrogens is 1. The Morgan fingerprint density at radius 3 is 2.25 bits per heavy atom. The number of aromatic amines is 1. The summed E-state index contributed by atoms with van der Waals surface area (Å²) in [5, 5.41) is 5.69. The highest BCUT2D eigenvalue weighted by molar-refractivity contribution is 7.80. The summed E-state index contributed by atoms with van der Waals surface area (Å²) in [6.45, 7) is 6.90. The van der Waals surface area contributed by atoms with Crippen LogP contribution in [0, 0.1) is 25.5 Å². The maximum Gasteiger partial charge on any atom is 0.340 e. The molecule has 1 unspecified atom stereocenters. The van der Waals surface area contributed by atoms with Gasteiger partial charge < -0.3 is 25.1 Å². The van der Waals surface area contributed by atoms with Crippen molar-refractivity contribution in [2.45, 2.75) is 33.7 Å². The van der Waals surface area contributed by atoms with E-state index >= 15 is 0 Å². The van der Waals surface area contributed by atoms with Crippen molar-refractivity contribution in [3.05, 3.63) is 63.5 Å². The molecule has 0 bridgehead atoms. The second kappa shape index (κ2) is 9.47. The van der Waals surface area contributed by atoms with Crippen molar-refractivity contribution in [3.8, 4) is 0 Å². The average molecular weight is 464 g/mol. The van der Waals surface area contributed by atoms with Gasteiger partial charge in [0.25, 0.3) is 0 Å². The molecule has 0 radical (unpaired) electrons. The van der Waals surface area contributed by atoms with Gasteiger partial charge in [-0.2, -0.15) is 0 Å². The molecule has 1 aliphatic rings. The van der Waals surface area contributed by atoms with Crippen LogP contribution in [-0.4, -0.2) is 35.2 Å². The zero-order valence-electron chi connectivity index (χ0n) is 18.0. The minimum absolute atomic E-state index is 0.0450. The Morgan fingerprint density at radius 2 is 1.66 bits per heavy atom. The van der Waals surface area contributed by atoms with Crippen molar-refractivity contribution >= 4 is 35.0 Å². The maximum atomic E-state index is 14.7. The SMILES string of the molecule is CCOC(=O)C1=C(c2[nH]c(C)c(C(=O)OCC)c2C)NC(=S)NC1c1c(F)cccc1F. The van der Waals surface area contributed by atoms with Crippen molar-refractivity contribution in [1.29, 1.82) is 0 Å². The van der Waals surface area contributed by atoms with Crippen LogP contribution in [-0.2, 0) is 14.3 Å². The van der Waals surface area contributed by atoms with Crippen LogP contribution in [0.1, 0.15) is 52.8 Å². The molecule has 1 aliphatic heterocycles. The fraction of sp³-hybridized carbons (Fsp3) is 0.318. The van der Waals surface area contributed by atoms with Crippen LogP contribution in [0.15, 0.2) is 23.8 Å². The van der Waals surface area contributed by atoms with Crippen LogP contribution in [0.25, 0.3) is 5.70 Å².